The van der Waals surface area contributed by atoms with Crippen molar-refractivity contribution in [1.82, 2.24) is 4.98 Å². The number of aliphatic hydroxyl groups is 1. The van der Waals surface area contributed by atoms with Crippen LogP contribution in [-0.4, -0.2) is 29.5 Å². The largest absolute Gasteiger partial charge is 0.458 e. The molecule has 2 heterocycles. The van der Waals surface area contributed by atoms with Gasteiger partial charge in [-0.15, -0.1) is 0 Å². The maximum absolute atomic E-state index is 9.49. The molecule has 1 aromatic rings. The van der Waals surface area contributed by atoms with Gasteiger partial charge in [0.1, 0.15) is 0 Å². The molecule has 0 aliphatic carbocycles. The van der Waals surface area contributed by atoms with E-state index in [1.54, 1.807) is 6.20 Å². The Hall–Kier alpha value is -0.560. The van der Waals surface area contributed by atoms with Gasteiger partial charge >= 0.3 is 0 Å². The van der Waals surface area contributed by atoms with Gasteiger partial charge in [-0.1, -0.05) is 0 Å². The van der Waals surface area contributed by atoms with E-state index < -0.39 is 6.29 Å². The second kappa shape index (κ2) is 3.90. The molecule has 5 heteroatoms. The van der Waals surface area contributed by atoms with Crippen LogP contribution >= 0.6 is 22.6 Å². The molecule has 4 nitrogen and oxygen atoms in total. The zero-order valence-corrected chi connectivity index (χ0v) is 9.93. The fourth-order valence-corrected chi connectivity index (χ4v) is 2.01. The van der Waals surface area contributed by atoms with Gasteiger partial charge in [0.15, 0.2) is 11.6 Å². The quantitative estimate of drug-likeness (QED) is 0.793. The maximum Gasteiger partial charge on any atom is 0.215 e. The van der Waals surface area contributed by atoms with Crippen LogP contribution in [0, 0.1) is 3.57 Å². The van der Waals surface area contributed by atoms with Gasteiger partial charge in [0.25, 0.3) is 0 Å². The Balaban J connectivity index is 2.45. The molecule has 76 valence electrons. The van der Waals surface area contributed by atoms with Crippen molar-refractivity contribution in [1.29, 1.82) is 0 Å². The molecular weight excluding hydrogens is 295 g/mol. The number of ether oxygens (including phenoxy) is 1. The Kier molecular flexibility index (Phi) is 2.78. The predicted octanol–water partition coefficient (Wildman–Crippen LogP) is 1.22. The van der Waals surface area contributed by atoms with Crippen LogP contribution in [-0.2, 0) is 0 Å². The highest BCUT2D eigenvalue weighted by Gasteiger charge is 2.25. The minimum Gasteiger partial charge on any atom is -0.458 e. The molecule has 1 unspecified atom stereocenters. The van der Waals surface area contributed by atoms with Crippen LogP contribution in [0.4, 0.5) is 5.82 Å². The minimum atomic E-state index is -0.750. The lowest BCUT2D eigenvalue weighted by Crippen LogP contribution is -2.40. The zero-order valence-electron chi connectivity index (χ0n) is 7.77. The number of hydrogen-bond donors (Lipinski definition) is 1. The summed E-state index contributed by atoms with van der Waals surface area (Å²) in [6, 6.07) is 1.87. The number of aliphatic hydroxyl groups excluding tert-OH is 1. The molecule has 0 saturated heterocycles. The van der Waals surface area contributed by atoms with E-state index in [-0.39, 0.29) is 0 Å². The number of β-amino-alcohol motifs (C(OH)–C–C–N with tert-alkyl or cyclic N) is 1. The Morgan fingerprint density at radius 3 is 3.29 bits per heavy atom. The fraction of sp³-hybridized carbons (Fsp3) is 0.444. The number of hydrogen-bond acceptors (Lipinski definition) is 4. The molecule has 0 aromatic carbocycles. The first-order valence-corrected chi connectivity index (χ1v) is 5.54. The van der Waals surface area contributed by atoms with Crippen LogP contribution < -0.4 is 9.64 Å². The van der Waals surface area contributed by atoms with Gasteiger partial charge in [0.05, 0.1) is 10.1 Å². The third-order valence-electron chi connectivity index (χ3n) is 2.15. The number of rotatable bonds is 1. The van der Waals surface area contributed by atoms with Gasteiger partial charge in [-0.25, -0.2) is 4.98 Å². The molecule has 1 aliphatic heterocycles. The number of fused-ring (bicyclic) bond motifs is 1. The van der Waals surface area contributed by atoms with Crippen LogP contribution in [0.2, 0.25) is 0 Å². The number of likely N-dealkylation sites (N-methyl/N-ethyl adjacent to an activating group) is 1. The average Bonchev–Trinajstić information content (AvgIpc) is 2.18. The van der Waals surface area contributed by atoms with E-state index in [4.69, 9.17) is 4.74 Å². The normalized spacial score (nSPS) is 20.2. The van der Waals surface area contributed by atoms with Gasteiger partial charge < -0.3 is 14.7 Å². The van der Waals surface area contributed by atoms with Crippen molar-refractivity contribution in [3.63, 3.8) is 0 Å². The molecule has 0 spiro atoms. The molecule has 1 N–H and O–H groups in total. The van der Waals surface area contributed by atoms with Crippen LogP contribution in [0.15, 0.2) is 12.3 Å². The molecule has 0 fully saturated rings. The Morgan fingerprint density at radius 1 is 1.79 bits per heavy atom. The number of nitrogens with zero attached hydrogens (tertiary/aromatic N) is 2. The molecule has 2 rings (SSSR count). The number of aromatic nitrogens is 1. The standard InChI is InChI=1S/C9H11IN2O2/c1-2-12-5-7(13)14-8-6(10)3-4-11-9(8)12/h3-4,7,13H,2,5H2,1H3. The van der Waals surface area contributed by atoms with E-state index in [0.29, 0.717) is 12.3 Å². The van der Waals surface area contributed by atoms with Crippen molar-refractivity contribution in [3.8, 4) is 5.75 Å². The Bertz CT molecular complexity index is 346. The molecule has 0 saturated carbocycles. The summed E-state index contributed by atoms with van der Waals surface area (Å²) in [7, 11) is 0. The van der Waals surface area contributed by atoms with Crippen LogP contribution in [0.1, 0.15) is 6.92 Å². The van der Waals surface area contributed by atoms with Crippen molar-refractivity contribution >= 4 is 28.4 Å². The summed E-state index contributed by atoms with van der Waals surface area (Å²) >= 11 is 2.18. The number of anilines is 1. The third kappa shape index (κ3) is 1.66. The number of halogens is 1. The van der Waals surface area contributed by atoms with E-state index >= 15 is 0 Å². The van der Waals surface area contributed by atoms with Gasteiger partial charge in [-0.3, -0.25) is 0 Å². The topological polar surface area (TPSA) is 45.6 Å². The summed E-state index contributed by atoms with van der Waals surface area (Å²) in [6.45, 7) is 3.33. The van der Waals surface area contributed by atoms with E-state index in [1.165, 1.54) is 0 Å². The summed E-state index contributed by atoms with van der Waals surface area (Å²) in [5, 5.41) is 9.49. The molecule has 1 aromatic heterocycles. The first-order valence-electron chi connectivity index (χ1n) is 4.46. The molecule has 0 bridgehead atoms. The average molecular weight is 306 g/mol. The lowest BCUT2D eigenvalue weighted by molar-refractivity contribution is -0.0175. The fourth-order valence-electron chi connectivity index (χ4n) is 1.48. The molecule has 0 radical (unpaired) electrons. The first-order chi connectivity index (χ1) is 6.72. The molecule has 14 heavy (non-hydrogen) atoms. The summed E-state index contributed by atoms with van der Waals surface area (Å²) in [6.07, 6.45) is 1.00. The highest BCUT2D eigenvalue weighted by molar-refractivity contribution is 14.1. The van der Waals surface area contributed by atoms with Crippen molar-refractivity contribution in [3.05, 3.63) is 15.8 Å². The highest BCUT2D eigenvalue weighted by atomic mass is 127. The van der Waals surface area contributed by atoms with Gasteiger partial charge in [0, 0.05) is 12.7 Å². The van der Waals surface area contributed by atoms with E-state index in [2.05, 4.69) is 27.6 Å². The van der Waals surface area contributed by atoms with Crippen molar-refractivity contribution < 1.29 is 9.84 Å². The smallest absolute Gasteiger partial charge is 0.215 e. The molecule has 0 amide bonds. The Labute approximate surface area is 96.0 Å². The monoisotopic (exact) mass is 306 g/mol. The third-order valence-corrected chi connectivity index (χ3v) is 3.00. The van der Waals surface area contributed by atoms with Crippen molar-refractivity contribution in [2.24, 2.45) is 0 Å². The highest BCUT2D eigenvalue weighted by Crippen LogP contribution is 2.34. The Morgan fingerprint density at radius 2 is 2.57 bits per heavy atom. The second-order valence-electron chi connectivity index (χ2n) is 3.06. The summed E-state index contributed by atoms with van der Waals surface area (Å²) < 4.78 is 6.32. The number of pyridine rings is 1. The van der Waals surface area contributed by atoms with Gasteiger partial charge in [-0.05, 0) is 35.6 Å². The van der Waals surface area contributed by atoms with Gasteiger partial charge in [0.2, 0.25) is 6.29 Å². The molecule has 1 atom stereocenters. The van der Waals surface area contributed by atoms with Crippen molar-refractivity contribution in [2.75, 3.05) is 18.0 Å². The van der Waals surface area contributed by atoms with E-state index in [0.717, 1.165) is 15.9 Å². The SMILES string of the molecule is CCN1CC(O)Oc2c(I)ccnc21. The summed E-state index contributed by atoms with van der Waals surface area (Å²) in [5.41, 5.74) is 0. The summed E-state index contributed by atoms with van der Waals surface area (Å²) in [5.74, 6) is 1.51. The van der Waals surface area contributed by atoms with E-state index in [1.807, 2.05) is 17.9 Å². The van der Waals surface area contributed by atoms with Gasteiger partial charge in [-0.2, -0.15) is 0 Å². The second-order valence-corrected chi connectivity index (χ2v) is 4.22. The lowest BCUT2D eigenvalue weighted by Gasteiger charge is -2.32. The molecule has 1 aliphatic rings. The minimum absolute atomic E-state index is 0.483. The van der Waals surface area contributed by atoms with Crippen molar-refractivity contribution in [2.45, 2.75) is 13.2 Å². The molecular formula is C9H11IN2O2. The van der Waals surface area contributed by atoms with E-state index in [9.17, 15) is 5.11 Å². The van der Waals surface area contributed by atoms with Crippen LogP contribution in [0.3, 0.4) is 0 Å². The zero-order chi connectivity index (χ0) is 10.1. The lowest BCUT2D eigenvalue weighted by atomic mass is 10.3. The predicted molar refractivity (Wildman–Crippen MR) is 61.5 cm³/mol. The maximum atomic E-state index is 9.49. The summed E-state index contributed by atoms with van der Waals surface area (Å²) in [4.78, 5) is 6.26. The van der Waals surface area contributed by atoms with Crippen LogP contribution in [0.25, 0.3) is 0 Å². The first kappa shape index (κ1) is 9.97. The van der Waals surface area contributed by atoms with Crippen LogP contribution in [0.5, 0.6) is 5.75 Å².